The van der Waals surface area contributed by atoms with Crippen LogP contribution in [-0.2, 0) is 17.6 Å². The van der Waals surface area contributed by atoms with Gasteiger partial charge in [0.25, 0.3) is 0 Å². The number of aromatic amines is 1. The van der Waals surface area contributed by atoms with Crippen molar-refractivity contribution in [2.75, 3.05) is 5.32 Å². The Kier molecular flexibility index (Phi) is 5.28. The predicted octanol–water partition coefficient (Wildman–Crippen LogP) is 4.90. The molecule has 0 aliphatic rings. The summed E-state index contributed by atoms with van der Waals surface area (Å²) in [6.45, 7) is 2.11. The Hall–Kier alpha value is -3.78. The normalized spacial score (nSPS) is 12.3. The van der Waals surface area contributed by atoms with E-state index in [0.717, 1.165) is 44.2 Å². The highest BCUT2D eigenvalue weighted by molar-refractivity contribution is 7.19. The molecule has 0 spiro atoms. The molecule has 1 atom stereocenters. The number of anilines is 1. The molecule has 2 aromatic carbocycles. The number of fused-ring (bicyclic) bond motifs is 2. The van der Waals surface area contributed by atoms with Gasteiger partial charge in [0.15, 0.2) is 0 Å². The fraction of sp³-hybridized carbons (Fsp3) is 0.167. The van der Waals surface area contributed by atoms with Crippen molar-refractivity contribution in [3.05, 3.63) is 71.5 Å². The van der Waals surface area contributed by atoms with E-state index in [0.29, 0.717) is 12.2 Å². The number of aryl methyl sites for hydroxylation is 1. The summed E-state index contributed by atoms with van der Waals surface area (Å²) < 4.78 is 0. The topological polar surface area (TPSA) is 104 Å². The number of hydrogen-bond donors (Lipinski definition) is 3. The van der Waals surface area contributed by atoms with Gasteiger partial charge in [0, 0.05) is 22.2 Å². The molecule has 8 heteroatoms. The molecule has 0 saturated heterocycles. The first-order valence-corrected chi connectivity index (χ1v) is 11.2. The summed E-state index contributed by atoms with van der Waals surface area (Å²) in [5, 5.41) is 22.2. The number of nitrogens with zero attached hydrogens (tertiary/aromatic N) is 3. The molecule has 5 aromatic rings. The smallest absolute Gasteiger partial charge is 0.326 e. The molecule has 5 rings (SSSR count). The van der Waals surface area contributed by atoms with Gasteiger partial charge in [-0.3, -0.25) is 5.10 Å². The Labute approximate surface area is 188 Å². The van der Waals surface area contributed by atoms with Crippen LogP contribution in [0.15, 0.2) is 61.1 Å². The van der Waals surface area contributed by atoms with Gasteiger partial charge >= 0.3 is 5.97 Å². The highest BCUT2D eigenvalue weighted by Crippen LogP contribution is 2.43. The van der Waals surface area contributed by atoms with E-state index in [-0.39, 0.29) is 0 Å². The van der Waals surface area contributed by atoms with E-state index in [1.807, 2.05) is 48.7 Å². The van der Waals surface area contributed by atoms with Gasteiger partial charge in [-0.2, -0.15) is 5.10 Å². The molecule has 0 unspecified atom stereocenters. The van der Waals surface area contributed by atoms with Crippen LogP contribution >= 0.6 is 11.3 Å². The second-order valence-electron chi connectivity index (χ2n) is 7.52. The minimum Gasteiger partial charge on any atom is -0.480 e. The lowest BCUT2D eigenvalue weighted by Gasteiger charge is -2.16. The number of aliphatic carboxylic acids is 1. The molecule has 3 aromatic heterocycles. The molecular weight excluding hydrogens is 422 g/mol. The van der Waals surface area contributed by atoms with Gasteiger partial charge in [0.1, 0.15) is 23.0 Å². The van der Waals surface area contributed by atoms with Crippen molar-refractivity contribution in [1.82, 2.24) is 20.2 Å². The SMILES string of the molecule is CCc1sc2ncnc(N[C@H](Cc3ccccc3)C(=O)O)c2c1-c1cccc2[nH]ncc12. The van der Waals surface area contributed by atoms with E-state index in [4.69, 9.17) is 0 Å². The Morgan fingerprint density at radius 2 is 2.00 bits per heavy atom. The van der Waals surface area contributed by atoms with Crippen molar-refractivity contribution in [3.63, 3.8) is 0 Å². The van der Waals surface area contributed by atoms with E-state index in [1.54, 1.807) is 11.3 Å². The maximum atomic E-state index is 12.1. The first-order valence-electron chi connectivity index (χ1n) is 10.4. The second-order valence-corrected chi connectivity index (χ2v) is 8.60. The lowest BCUT2D eigenvalue weighted by molar-refractivity contribution is -0.137. The quantitative estimate of drug-likeness (QED) is 0.330. The molecule has 0 aliphatic carbocycles. The summed E-state index contributed by atoms with van der Waals surface area (Å²) in [6.07, 6.45) is 4.49. The number of carbonyl (C=O) groups is 1. The van der Waals surface area contributed by atoms with E-state index in [9.17, 15) is 9.90 Å². The zero-order chi connectivity index (χ0) is 22.1. The van der Waals surface area contributed by atoms with Gasteiger partial charge in [0.05, 0.1) is 17.1 Å². The van der Waals surface area contributed by atoms with Gasteiger partial charge in [0.2, 0.25) is 0 Å². The zero-order valence-electron chi connectivity index (χ0n) is 17.4. The van der Waals surface area contributed by atoms with Crippen molar-refractivity contribution in [2.24, 2.45) is 0 Å². The van der Waals surface area contributed by atoms with E-state index in [2.05, 4.69) is 38.5 Å². The number of carboxylic acids is 1. The minimum absolute atomic E-state index is 0.346. The average molecular weight is 444 g/mol. The lowest BCUT2D eigenvalue weighted by atomic mass is 9.98. The largest absolute Gasteiger partial charge is 0.480 e. The maximum absolute atomic E-state index is 12.1. The van der Waals surface area contributed by atoms with Gasteiger partial charge < -0.3 is 10.4 Å². The molecule has 160 valence electrons. The van der Waals surface area contributed by atoms with Crippen LogP contribution in [-0.4, -0.2) is 37.3 Å². The third-order valence-electron chi connectivity index (χ3n) is 5.53. The van der Waals surface area contributed by atoms with Crippen LogP contribution in [0.1, 0.15) is 17.4 Å². The van der Waals surface area contributed by atoms with Crippen LogP contribution in [0.3, 0.4) is 0 Å². The van der Waals surface area contributed by atoms with Crippen LogP contribution in [0.25, 0.3) is 32.2 Å². The van der Waals surface area contributed by atoms with Crippen LogP contribution in [0, 0.1) is 0 Å². The third-order valence-corrected chi connectivity index (χ3v) is 6.77. The highest BCUT2D eigenvalue weighted by atomic mass is 32.1. The molecule has 0 amide bonds. The van der Waals surface area contributed by atoms with Gasteiger partial charge in [-0.1, -0.05) is 49.4 Å². The van der Waals surface area contributed by atoms with Gasteiger partial charge in [-0.05, 0) is 23.6 Å². The minimum atomic E-state index is -0.926. The summed E-state index contributed by atoms with van der Waals surface area (Å²) in [5.74, 6) is -0.394. The second kappa shape index (κ2) is 8.39. The first kappa shape index (κ1) is 20.1. The monoisotopic (exact) mass is 443 g/mol. The third kappa shape index (κ3) is 3.58. The van der Waals surface area contributed by atoms with Crippen LogP contribution < -0.4 is 5.32 Å². The molecule has 0 bridgehead atoms. The van der Waals surface area contributed by atoms with E-state index in [1.165, 1.54) is 11.2 Å². The van der Waals surface area contributed by atoms with Crippen molar-refractivity contribution in [1.29, 1.82) is 0 Å². The average Bonchev–Trinajstić information content (AvgIpc) is 3.44. The molecule has 0 radical (unpaired) electrons. The molecule has 32 heavy (non-hydrogen) atoms. The molecule has 3 N–H and O–H groups in total. The lowest BCUT2D eigenvalue weighted by Crippen LogP contribution is -2.32. The standard InChI is InChI=1S/C24H21N5O2S/c1-2-19-20(15-9-6-10-17-16(15)12-27-29-17)21-22(25-13-26-23(21)32-19)28-18(24(30)31)11-14-7-4-3-5-8-14/h3-10,12-13,18H,2,11H2,1H3,(H,27,29)(H,30,31)(H,25,26,28)/t18-/m1/s1. The van der Waals surface area contributed by atoms with Crippen LogP contribution in [0.2, 0.25) is 0 Å². The highest BCUT2D eigenvalue weighted by Gasteiger charge is 2.24. The summed E-state index contributed by atoms with van der Waals surface area (Å²) in [7, 11) is 0. The van der Waals surface area contributed by atoms with Crippen molar-refractivity contribution >= 4 is 44.2 Å². The number of rotatable bonds is 7. The predicted molar refractivity (Wildman–Crippen MR) is 127 cm³/mol. The fourth-order valence-corrected chi connectivity index (χ4v) is 5.12. The Morgan fingerprint density at radius 1 is 1.16 bits per heavy atom. The number of thiophene rings is 1. The number of benzene rings is 2. The number of hydrogen-bond acceptors (Lipinski definition) is 6. The molecule has 0 aliphatic heterocycles. The zero-order valence-corrected chi connectivity index (χ0v) is 18.2. The molecule has 3 heterocycles. The molecule has 0 fully saturated rings. The molecule has 0 saturated carbocycles. The Morgan fingerprint density at radius 3 is 2.78 bits per heavy atom. The van der Waals surface area contributed by atoms with Gasteiger partial charge in [-0.15, -0.1) is 11.3 Å². The number of aromatic nitrogens is 4. The van der Waals surface area contributed by atoms with Crippen molar-refractivity contribution < 1.29 is 9.90 Å². The van der Waals surface area contributed by atoms with E-state index < -0.39 is 12.0 Å². The molecule has 7 nitrogen and oxygen atoms in total. The maximum Gasteiger partial charge on any atom is 0.326 e. The summed E-state index contributed by atoms with van der Waals surface area (Å²) in [6, 6.07) is 14.8. The number of carboxylic acid groups (broad SMARTS) is 1. The summed E-state index contributed by atoms with van der Waals surface area (Å²) in [4.78, 5) is 23.1. The van der Waals surface area contributed by atoms with Crippen molar-refractivity contribution in [3.8, 4) is 11.1 Å². The summed E-state index contributed by atoms with van der Waals surface area (Å²) in [5.41, 5.74) is 3.96. The van der Waals surface area contributed by atoms with Crippen LogP contribution in [0.4, 0.5) is 5.82 Å². The number of nitrogens with one attached hydrogen (secondary N) is 2. The molecular formula is C24H21N5O2S. The first-order chi connectivity index (χ1) is 15.7. The fourth-order valence-electron chi connectivity index (χ4n) is 4.02. The number of H-pyrrole nitrogens is 1. The van der Waals surface area contributed by atoms with Crippen molar-refractivity contribution in [2.45, 2.75) is 25.8 Å². The van der Waals surface area contributed by atoms with E-state index >= 15 is 0 Å². The summed E-state index contributed by atoms with van der Waals surface area (Å²) >= 11 is 1.61. The van der Waals surface area contributed by atoms with Gasteiger partial charge in [-0.25, -0.2) is 14.8 Å². The Bertz CT molecular complexity index is 1410. The Balaban J connectivity index is 1.65. The van der Waals surface area contributed by atoms with Crippen LogP contribution in [0.5, 0.6) is 0 Å².